The number of carboxylic acid groups (broad SMARTS) is 1. The summed E-state index contributed by atoms with van der Waals surface area (Å²) in [4.78, 5) is 23.3. The molecule has 1 heterocycles. The number of likely N-dealkylation sites (tertiary alicyclic amines) is 1. The maximum Gasteiger partial charge on any atom is 0.328 e. The first-order valence-electron chi connectivity index (χ1n) is 4.40. The number of hydrogen-bond donors (Lipinski definition) is 3. The van der Waals surface area contributed by atoms with Crippen molar-refractivity contribution in [2.75, 3.05) is 6.61 Å². The molecule has 4 N–H and O–H groups in total. The Labute approximate surface area is 81.3 Å². The topological polar surface area (TPSA) is 104 Å². The van der Waals surface area contributed by atoms with E-state index in [1.807, 2.05) is 0 Å². The van der Waals surface area contributed by atoms with Gasteiger partial charge in [-0.2, -0.15) is 0 Å². The molecule has 0 aliphatic carbocycles. The van der Waals surface area contributed by atoms with Crippen LogP contribution in [-0.2, 0) is 9.59 Å². The van der Waals surface area contributed by atoms with E-state index in [9.17, 15) is 9.59 Å². The molecule has 1 fully saturated rings. The number of carbonyl (C=O) groups is 2. The van der Waals surface area contributed by atoms with Gasteiger partial charge in [-0.05, 0) is 13.3 Å². The molecule has 0 aromatic rings. The highest BCUT2D eigenvalue weighted by Crippen LogP contribution is 2.20. The molecule has 1 aliphatic heterocycles. The van der Waals surface area contributed by atoms with Gasteiger partial charge in [0, 0.05) is 6.04 Å². The number of amides is 1. The number of carbonyl (C=O) groups excluding carboxylic acids is 1. The molecule has 0 saturated carbocycles. The third kappa shape index (κ3) is 1.71. The highest BCUT2D eigenvalue weighted by atomic mass is 16.4. The van der Waals surface area contributed by atoms with Crippen LogP contribution in [0.25, 0.3) is 0 Å². The first-order chi connectivity index (χ1) is 6.49. The van der Waals surface area contributed by atoms with Crippen LogP contribution in [0.15, 0.2) is 0 Å². The van der Waals surface area contributed by atoms with E-state index in [1.54, 1.807) is 6.92 Å². The van der Waals surface area contributed by atoms with Crippen molar-refractivity contribution in [3.63, 3.8) is 0 Å². The van der Waals surface area contributed by atoms with E-state index in [2.05, 4.69) is 0 Å². The van der Waals surface area contributed by atoms with Crippen molar-refractivity contribution < 1.29 is 19.8 Å². The number of nitrogens with zero attached hydrogens (tertiary/aromatic N) is 1. The standard InChI is InChI=1S/C8H14N2O4/c1-4-2-5(9)7(12)10(4)6(3-11)8(13)14/h4-6,11H,2-3,9H2,1H3,(H,13,14). The summed E-state index contributed by atoms with van der Waals surface area (Å²) < 4.78 is 0. The zero-order valence-corrected chi connectivity index (χ0v) is 7.88. The molecular formula is C8H14N2O4. The van der Waals surface area contributed by atoms with Gasteiger partial charge in [-0.3, -0.25) is 4.79 Å². The number of carboxylic acids is 1. The van der Waals surface area contributed by atoms with Crippen molar-refractivity contribution in [1.82, 2.24) is 4.90 Å². The third-order valence-corrected chi connectivity index (χ3v) is 2.44. The van der Waals surface area contributed by atoms with Crippen LogP contribution < -0.4 is 5.73 Å². The van der Waals surface area contributed by atoms with Crippen LogP contribution in [0.4, 0.5) is 0 Å². The van der Waals surface area contributed by atoms with E-state index < -0.39 is 30.6 Å². The molecule has 6 nitrogen and oxygen atoms in total. The average Bonchev–Trinajstić information content (AvgIpc) is 2.32. The fourth-order valence-corrected chi connectivity index (χ4v) is 1.74. The Morgan fingerprint density at radius 2 is 2.36 bits per heavy atom. The Kier molecular flexibility index (Phi) is 3.07. The summed E-state index contributed by atoms with van der Waals surface area (Å²) in [5, 5.41) is 17.6. The summed E-state index contributed by atoms with van der Waals surface area (Å²) in [5.74, 6) is -1.61. The third-order valence-electron chi connectivity index (χ3n) is 2.44. The number of aliphatic carboxylic acids is 1. The van der Waals surface area contributed by atoms with Crippen LogP contribution >= 0.6 is 0 Å². The minimum Gasteiger partial charge on any atom is -0.480 e. The van der Waals surface area contributed by atoms with Crippen LogP contribution in [0.2, 0.25) is 0 Å². The second-order valence-corrected chi connectivity index (χ2v) is 3.47. The summed E-state index contributed by atoms with van der Waals surface area (Å²) in [6.45, 7) is 1.13. The lowest BCUT2D eigenvalue weighted by molar-refractivity contribution is -0.151. The monoisotopic (exact) mass is 202 g/mol. The number of aliphatic hydroxyl groups excluding tert-OH is 1. The zero-order valence-electron chi connectivity index (χ0n) is 7.88. The van der Waals surface area contributed by atoms with Crippen molar-refractivity contribution in [2.45, 2.75) is 31.5 Å². The molecule has 0 aromatic carbocycles. The number of rotatable bonds is 3. The number of hydrogen-bond acceptors (Lipinski definition) is 4. The molecular weight excluding hydrogens is 188 g/mol. The Bertz CT molecular complexity index is 256. The molecule has 0 bridgehead atoms. The molecule has 3 unspecified atom stereocenters. The van der Waals surface area contributed by atoms with Gasteiger partial charge < -0.3 is 20.8 Å². The molecule has 0 aromatic heterocycles. The molecule has 3 atom stereocenters. The Balaban J connectivity index is 2.84. The summed E-state index contributed by atoms with van der Waals surface area (Å²) >= 11 is 0. The molecule has 1 rings (SSSR count). The molecule has 0 radical (unpaired) electrons. The normalized spacial score (nSPS) is 29.4. The second kappa shape index (κ2) is 3.93. The Morgan fingerprint density at radius 3 is 2.64 bits per heavy atom. The lowest BCUT2D eigenvalue weighted by Gasteiger charge is -2.26. The van der Waals surface area contributed by atoms with E-state index in [0.29, 0.717) is 6.42 Å². The molecule has 0 spiro atoms. The van der Waals surface area contributed by atoms with Crippen molar-refractivity contribution in [3.05, 3.63) is 0 Å². The summed E-state index contributed by atoms with van der Waals surface area (Å²) in [5.41, 5.74) is 5.49. The predicted molar refractivity (Wildman–Crippen MR) is 47.4 cm³/mol. The van der Waals surface area contributed by atoms with Crippen molar-refractivity contribution in [2.24, 2.45) is 5.73 Å². The van der Waals surface area contributed by atoms with Gasteiger partial charge in [0.25, 0.3) is 0 Å². The second-order valence-electron chi connectivity index (χ2n) is 3.47. The largest absolute Gasteiger partial charge is 0.480 e. The van der Waals surface area contributed by atoms with Gasteiger partial charge in [0.2, 0.25) is 5.91 Å². The minimum absolute atomic E-state index is 0.231. The molecule has 1 aliphatic rings. The zero-order chi connectivity index (χ0) is 10.9. The van der Waals surface area contributed by atoms with Crippen molar-refractivity contribution in [1.29, 1.82) is 0 Å². The van der Waals surface area contributed by atoms with Crippen LogP contribution in [0.3, 0.4) is 0 Å². The van der Waals surface area contributed by atoms with E-state index in [1.165, 1.54) is 0 Å². The predicted octanol–water partition coefficient (Wildman–Crippen LogP) is -1.62. The fourth-order valence-electron chi connectivity index (χ4n) is 1.74. The van der Waals surface area contributed by atoms with Crippen LogP contribution in [0.5, 0.6) is 0 Å². The van der Waals surface area contributed by atoms with E-state index in [0.717, 1.165) is 4.90 Å². The van der Waals surface area contributed by atoms with Gasteiger partial charge >= 0.3 is 5.97 Å². The van der Waals surface area contributed by atoms with Gasteiger partial charge in [-0.15, -0.1) is 0 Å². The Hall–Kier alpha value is -1.14. The molecule has 1 amide bonds. The highest BCUT2D eigenvalue weighted by molar-refractivity contribution is 5.89. The number of aliphatic hydroxyl groups is 1. The van der Waals surface area contributed by atoms with E-state index in [4.69, 9.17) is 15.9 Å². The van der Waals surface area contributed by atoms with Crippen LogP contribution in [-0.4, -0.2) is 51.7 Å². The van der Waals surface area contributed by atoms with Crippen molar-refractivity contribution >= 4 is 11.9 Å². The van der Waals surface area contributed by atoms with Gasteiger partial charge in [-0.1, -0.05) is 0 Å². The van der Waals surface area contributed by atoms with Gasteiger partial charge in [0.15, 0.2) is 6.04 Å². The molecule has 14 heavy (non-hydrogen) atoms. The maximum atomic E-state index is 11.4. The maximum absolute atomic E-state index is 11.4. The summed E-state index contributed by atoms with van der Waals surface area (Å²) in [6.07, 6.45) is 0.433. The quantitative estimate of drug-likeness (QED) is 0.510. The summed E-state index contributed by atoms with van der Waals surface area (Å²) in [6, 6.07) is -2.05. The van der Waals surface area contributed by atoms with Gasteiger partial charge in [0.05, 0.1) is 12.6 Å². The minimum atomic E-state index is -1.21. The molecule has 6 heteroatoms. The molecule has 1 saturated heterocycles. The lowest BCUT2D eigenvalue weighted by atomic mass is 10.2. The fraction of sp³-hybridized carbons (Fsp3) is 0.750. The SMILES string of the molecule is CC1CC(N)C(=O)N1C(CO)C(=O)O. The lowest BCUT2D eigenvalue weighted by Crippen LogP contribution is -2.49. The van der Waals surface area contributed by atoms with Crippen molar-refractivity contribution in [3.8, 4) is 0 Å². The smallest absolute Gasteiger partial charge is 0.328 e. The van der Waals surface area contributed by atoms with E-state index in [-0.39, 0.29) is 6.04 Å². The first-order valence-corrected chi connectivity index (χ1v) is 4.40. The van der Waals surface area contributed by atoms with Crippen LogP contribution in [0, 0.1) is 0 Å². The average molecular weight is 202 g/mol. The summed E-state index contributed by atoms with van der Waals surface area (Å²) in [7, 11) is 0. The number of nitrogens with two attached hydrogens (primary N) is 1. The van der Waals surface area contributed by atoms with Gasteiger partial charge in [-0.25, -0.2) is 4.79 Å². The molecule has 80 valence electrons. The Morgan fingerprint density at radius 1 is 1.79 bits per heavy atom. The first kappa shape index (κ1) is 10.9. The van der Waals surface area contributed by atoms with E-state index >= 15 is 0 Å². The highest BCUT2D eigenvalue weighted by Gasteiger charge is 2.41. The van der Waals surface area contributed by atoms with Crippen LogP contribution in [0.1, 0.15) is 13.3 Å². The van der Waals surface area contributed by atoms with Gasteiger partial charge in [0.1, 0.15) is 0 Å².